The fourth-order valence-electron chi connectivity index (χ4n) is 5.16. The minimum atomic E-state index is -0.829. The van der Waals surface area contributed by atoms with Gasteiger partial charge in [0.25, 0.3) is 5.91 Å². The summed E-state index contributed by atoms with van der Waals surface area (Å²) in [5, 5.41) is 3.34. The van der Waals surface area contributed by atoms with E-state index in [1.54, 1.807) is 17.4 Å². The molecular formula is C28H27Cl3N4O3. The molecule has 0 spiro atoms. The number of fused-ring (bicyclic) bond motifs is 1. The van der Waals surface area contributed by atoms with Gasteiger partial charge in [-0.05, 0) is 60.4 Å². The fourth-order valence-corrected chi connectivity index (χ4v) is 5.64. The predicted octanol–water partition coefficient (Wildman–Crippen LogP) is 5.52. The average molecular weight is 574 g/mol. The highest BCUT2D eigenvalue weighted by Crippen LogP contribution is 2.40. The van der Waals surface area contributed by atoms with Gasteiger partial charge in [-0.2, -0.15) is 0 Å². The number of urea groups is 1. The van der Waals surface area contributed by atoms with E-state index in [1.807, 2.05) is 35.2 Å². The lowest BCUT2D eigenvalue weighted by molar-refractivity contribution is -0.108. The van der Waals surface area contributed by atoms with Crippen molar-refractivity contribution in [2.45, 2.75) is 24.8 Å². The second-order valence-corrected chi connectivity index (χ2v) is 10.3. The molecule has 10 heteroatoms. The highest BCUT2D eigenvalue weighted by atomic mass is 35.5. The molecule has 1 aliphatic carbocycles. The average Bonchev–Trinajstić information content (AvgIpc) is 3.34. The number of primary amides is 1. The van der Waals surface area contributed by atoms with Crippen molar-refractivity contribution in [1.29, 1.82) is 0 Å². The Hall–Kier alpha value is -3.26. The SMILES string of the molecule is NC(=O)NC=O.O=C(c1cccc(Cl)c1)N1CCN(c2ccc(Cl)c(Cl)c2)CC1C1CCc2ccccc21. The fraction of sp³-hybridized carbons (Fsp3) is 0.250. The van der Waals surface area contributed by atoms with Gasteiger partial charge in [0.15, 0.2) is 0 Å². The highest BCUT2D eigenvalue weighted by Gasteiger charge is 2.39. The van der Waals surface area contributed by atoms with E-state index >= 15 is 0 Å². The lowest BCUT2D eigenvalue weighted by Gasteiger charge is -2.45. The number of aryl methyl sites for hydroxylation is 1. The number of carbonyl (C=O) groups is 3. The van der Waals surface area contributed by atoms with Crippen LogP contribution >= 0.6 is 34.8 Å². The summed E-state index contributed by atoms with van der Waals surface area (Å²) in [7, 11) is 0. The number of benzene rings is 3. The van der Waals surface area contributed by atoms with Gasteiger partial charge in [-0.15, -0.1) is 0 Å². The number of hydrogen-bond donors (Lipinski definition) is 2. The number of rotatable bonds is 4. The molecule has 4 amide bonds. The number of nitrogens with zero attached hydrogens (tertiary/aromatic N) is 2. The molecule has 3 aromatic rings. The quantitative estimate of drug-likeness (QED) is 0.402. The molecule has 0 saturated carbocycles. The van der Waals surface area contributed by atoms with Crippen LogP contribution in [0.2, 0.25) is 15.1 Å². The Labute approximate surface area is 236 Å². The molecule has 0 radical (unpaired) electrons. The maximum absolute atomic E-state index is 13.6. The van der Waals surface area contributed by atoms with Gasteiger partial charge in [0.2, 0.25) is 6.41 Å². The maximum Gasteiger partial charge on any atom is 0.318 e. The van der Waals surface area contributed by atoms with Gasteiger partial charge >= 0.3 is 6.03 Å². The van der Waals surface area contributed by atoms with Crippen molar-refractivity contribution in [3.8, 4) is 0 Å². The molecule has 1 heterocycles. The number of nitrogens with two attached hydrogens (primary N) is 1. The Morgan fingerprint density at radius 2 is 1.74 bits per heavy atom. The standard InChI is InChI=1S/C26H23Cl3N2O.C2H4N2O2/c27-19-6-3-5-18(14-19)26(32)31-13-12-30(20-9-11-23(28)24(29)15-20)16-25(31)22-10-8-17-4-1-2-7-21(17)22;3-2(6)4-1-5/h1-7,9,11,14-15,22,25H,8,10,12-13,16H2;1H,(H3,3,4,5,6). The van der Waals surface area contributed by atoms with Gasteiger partial charge in [0.05, 0.1) is 16.1 Å². The van der Waals surface area contributed by atoms with E-state index in [-0.39, 0.29) is 18.4 Å². The molecule has 2 atom stereocenters. The molecular weight excluding hydrogens is 547 g/mol. The van der Waals surface area contributed by atoms with Crippen molar-refractivity contribution in [2.75, 3.05) is 24.5 Å². The molecule has 0 bridgehead atoms. The molecule has 0 aromatic heterocycles. The number of imide groups is 1. The van der Waals surface area contributed by atoms with Crippen LogP contribution in [0.1, 0.15) is 33.8 Å². The lowest BCUT2D eigenvalue weighted by Crippen LogP contribution is -2.57. The van der Waals surface area contributed by atoms with Crippen LogP contribution in [0.15, 0.2) is 66.7 Å². The third-order valence-electron chi connectivity index (χ3n) is 6.86. The van der Waals surface area contributed by atoms with Gasteiger partial charge in [-0.25, -0.2) is 4.79 Å². The number of halogens is 3. The van der Waals surface area contributed by atoms with Crippen LogP contribution in [0.25, 0.3) is 0 Å². The largest absolute Gasteiger partial charge is 0.368 e. The number of amides is 4. The van der Waals surface area contributed by atoms with Crippen LogP contribution in [0.4, 0.5) is 10.5 Å². The summed E-state index contributed by atoms with van der Waals surface area (Å²) in [5.74, 6) is 0.329. The van der Waals surface area contributed by atoms with Crippen molar-refractivity contribution in [1.82, 2.24) is 10.2 Å². The van der Waals surface area contributed by atoms with E-state index in [0.717, 1.165) is 31.6 Å². The molecule has 1 aliphatic heterocycles. The number of nitrogens with one attached hydrogen (secondary N) is 1. The minimum Gasteiger partial charge on any atom is -0.368 e. The smallest absolute Gasteiger partial charge is 0.318 e. The van der Waals surface area contributed by atoms with Crippen LogP contribution < -0.4 is 16.0 Å². The first-order valence-corrected chi connectivity index (χ1v) is 13.3. The monoisotopic (exact) mass is 572 g/mol. The van der Waals surface area contributed by atoms with E-state index in [9.17, 15) is 14.4 Å². The molecule has 1 saturated heterocycles. The summed E-state index contributed by atoms with van der Waals surface area (Å²) < 4.78 is 0. The van der Waals surface area contributed by atoms with Crippen molar-refractivity contribution in [3.63, 3.8) is 0 Å². The summed E-state index contributed by atoms with van der Waals surface area (Å²) in [6.07, 6.45) is 2.31. The molecule has 38 heavy (non-hydrogen) atoms. The summed E-state index contributed by atoms with van der Waals surface area (Å²) >= 11 is 18.6. The van der Waals surface area contributed by atoms with Crippen LogP contribution in [0.5, 0.6) is 0 Å². The zero-order valence-corrected chi connectivity index (χ0v) is 22.7. The molecule has 1 fully saturated rings. The second-order valence-electron chi connectivity index (χ2n) is 9.09. The van der Waals surface area contributed by atoms with Crippen molar-refractivity contribution in [3.05, 3.63) is 98.5 Å². The zero-order chi connectivity index (χ0) is 27.2. The van der Waals surface area contributed by atoms with Crippen LogP contribution in [0, 0.1) is 0 Å². The normalized spacial score (nSPS) is 18.2. The Morgan fingerprint density at radius 1 is 0.947 bits per heavy atom. The molecule has 2 unspecified atom stereocenters. The van der Waals surface area contributed by atoms with E-state index in [2.05, 4.69) is 34.9 Å². The molecule has 198 valence electrons. The van der Waals surface area contributed by atoms with Crippen LogP contribution in [0.3, 0.4) is 0 Å². The minimum absolute atomic E-state index is 0.0377. The van der Waals surface area contributed by atoms with E-state index in [1.165, 1.54) is 11.1 Å². The zero-order valence-electron chi connectivity index (χ0n) is 20.4. The molecule has 5 rings (SSSR count). The van der Waals surface area contributed by atoms with Crippen molar-refractivity contribution < 1.29 is 14.4 Å². The summed E-state index contributed by atoms with van der Waals surface area (Å²) in [5.41, 5.74) is 8.84. The summed E-state index contributed by atoms with van der Waals surface area (Å²) in [4.78, 5) is 36.6. The van der Waals surface area contributed by atoms with Gasteiger partial charge < -0.3 is 15.5 Å². The van der Waals surface area contributed by atoms with Crippen LogP contribution in [-0.2, 0) is 11.2 Å². The highest BCUT2D eigenvalue weighted by molar-refractivity contribution is 6.42. The van der Waals surface area contributed by atoms with Crippen LogP contribution in [-0.4, -0.2) is 48.9 Å². The van der Waals surface area contributed by atoms with Gasteiger partial charge in [-0.3, -0.25) is 14.9 Å². The van der Waals surface area contributed by atoms with E-state index < -0.39 is 6.03 Å². The summed E-state index contributed by atoms with van der Waals surface area (Å²) in [6, 6.07) is 20.8. The van der Waals surface area contributed by atoms with Gasteiger partial charge in [0, 0.05) is 41.8 Å². The van der Waals surface area contributed by atoms with Gasteiger partial charge in [0.1, 0.15) is 0 Å². The maximum atomic E-state index is 13.6. The number of piperazine rings is 1. The Balaban J connectivity index is 0.000000505. The first kappa shape index (κ1) is 27.8. The summed E-state index contributed by atoms with van der Waals surface area (Å²) in [6.45, 7) is 2.10. The molecule has 3 aromatic carbocycles. The molecule has 7 nitrogen and oxygen atoms in total. The first-order chi connectivity index (χ1) is 18.3. The number of anilines is 1. The lowest BCUT2D eigenvalue weighted by atomic mass is 9.89. The van der Waals surface area contributed by atoms with Gasteiger partial charge in [-0.1, -0.05) is 65.1 Å². The first-order valence-electron chi connectivity index (χ1n) is 12.1. The number of carbonyl (C=O) groups excluding carboxylic acids is 3. The van der Waals surface area contributed by atoms with E-state index in [4.69, 9.17) is 34.8 Å². The molecule has 2 aliphatic rings. The topological polar surface area (TPSA) is 95.7 Å². The third-order valence-corrected chi connectivity index (χ3v) is 7.84. The third kappa shape index (κ3) is 6.41. The van der Waals surface area contributed by atoms with Crippen molar-refractivity contribution >= 4 is 58.8 Å². The van der Waals surface area contributed by atoms with E-state index in [0.29, 0.717) is 33.1 Å². The van der Waals surface area contributed by atoms with Crippen molar-refractivity contribution in [2.24, 2.45) is 5.73 Å². The molecule has 3 N–H and O–H groups in total. The Bertz CT molecular complexity index is 1340. The number of hydrogen-bond acceptors (Lipinski definition) is 4. The second kappa shape index (κ2) is 12.5. The Morgan fingerprint density at radius 3 is 2.42 bits per heavy atom. The predicted molar refractivity (Wildman–Crippen MR) is 151 cm³/mol. The Kier molecular flexibility index (Phi) is 9.15.